The van der Waals surface area contributed by atoms with Crippen molar-refractivity contribution < 1.29 is 19.0 Å². The van der Waals surface area contributed by atoms with Gasteiger partial charge in [0.2, 0.25) is 0 Å². The summed E-state index contributed by atoms with van der Waals surface area (Å²) in [6.45, 7) is 4.34. The predicted octanol–water partition coefficient (Wildman–Crippen LogP) is 1.89. The molecule has 0 aliphatic carbocycles. The fourth-order valence-electron chi connectivity index (χ4n) is 1.66. The van der Waals surface area contributed by atoms with E-state index < -0.39 is 5.79 Å². The Kier molecular flexibility index (Phi) is 6.64. The Labute approximate surface area is 120 Å². The topological polar surface area (TPSA) is 56.8 Å². The molecule has 0 saturated heterocycles. The lowest BCUT2D eigenvalue weighted by Crippen LogP contribution is -2.35. The molecule has 1 aromatic rings. The maximum Gasteiger partial charge on any atom is 0.319 e. The van der Waals surface area contributed by atoms with Crippen molar-refractivity contribution in [2.45, 2.75) is 25.7 Å². The van der Waals surface area contributed by atoms with E-state index in [9.17, 15) is 4.79 Å². The zero-order chi connectivity index (χ0) is 15.0. The van der Waals surface area contributed by atoms with Crippen LogP contribution in [0.15, 0.2) is 30.3 Å². The summed E-state index contributed by atoms with van der Waals surface area (Å²) < 4.78 is 15.8. The summed E-state index contributed by atoms with van der Waals surface area (Å²) >= 11 is 0. The highest BCUT2D eigenvalue weighted by atomic mass is 16.7. The smallest absolute Gasteiger partial charge is 0.319 e. The molecule has 1 rings (SSSR count). The minimum absolute atomic E-state index is 0.149. The van der Waals surface area contributed by atoms with Gasteiger partial charge in [-0.15, -0.1) is 0 Å². The fraction of sp³-hybridized carbons (Fsp3) is 0.533. The minimum atomic E-state index is -0.701. The number of esters is 1. The number of methoxy groups -OCH3 is 2. The number of carbonyl (C=O) groups excluding carboxylic acids is 1. The van der Waals surface area contributed by atoms with Gasteiger partial charge in [-0.1, -0.05) is 30.3 Å². The molecule has 1 atom stereocenters. The Morgan fingerprint density at radius 3 is 2.45 bits per heavy atom. The van der Waals surface area contributed by atoms with Crippen molar-refractivity contribution in [2.24, 2.45) is 0 Å². The van der Waals surface area contributed by atoms with Crippen LogP contribution in [-0.4, -0.2) is 39.1 Å². The van der Waals surface area contributed by atoms with Gasteiger partial charge in [0.05, 0.1) is 19.8 Å². The monoisotopic (exact) mass is 281 g/mol. The summed E-state index contributed by atoms with van der Waals surface area (Å²) in [5.41, 5.74) is 1.02. The SMILES string of the molecule is COC(=O)CNC[C@H](OC(C)(C)OC)c1ccccc1. The van der Waals surface area contributed by atoms with E-state index in [2.05, 4.69) is 10.1 Å². The maximum atomic E-state index is 11.1. The molecule has 1 N–H and O–H groups in total. The maximum absolute atomic E-state index is 11.1. The third-order valence-electron chi connectivity index (χ3n) is 2.92. The molecule has 0 fully saturated rings. The van der Waals surface area contributed by atoms with Crippen molar-refractivity contribution in [3.63, 3.8) is 0 Å². The van der Waals surface area contributed by atoms with Gasteiger partial charge < -0.3 is 19.5 Å². The lowest BCUT2D eigenvalue weighted by atomic mass is 10.1. The van der Waals surface area contributed by atoms with E-state index in [1.807, 2.05) is 44.2 Å². The summed E-state index contributed by atoms with van der Waals surface area (Å²) in [6.07, 6.45) is -0.212. The molecule has 0 aromatic heterocycles. The van der Waals surface area contributed by atoms with Gasteiger partial charge in [0.1, 0.15) is 0 Å². The molecule has 0 heterocycles. The molecule has 0 bridgehead atoms. The molecule has 1 aromatic carbocycles. The van der Waals surface area contributed by atoms with Crippen molar-refractivity contribution in [2.75, 3.05) is 27.3 Å². The molecule has 20 heavy (non-hydrogen) atoms. The Hall–Kier alpha value is -1.43. The number of hydrogen-bond donors (Lipinski definition) is 1. The van der Waals surface area contributed by atoms with Gasteiger partial charge >= 0.3 is 5.97 Å². The molecule has 0 radical (unpaired) electrons. The molecule has 0 saturated carbocycles. The van der Waals surface area contributed by atoms with Gasteiger partial charge in [0.25, 0.3) is 0 Å². The highest BCUT2D eigenvalue weighted by Gasteiger charge is 2.24. The molecule has 5 nitrogen and oxygen atoms in total. The number of ether oxygens (including phenoxy) is 3. The second-order valence-electron chi connectivity index (χ2n) is 4.83. The van der Waals surface area contributed by atoms with Gasteiger partial charge in [-0.25, -0.2) is 0 Å². The molecule has 0 aliphatic heterocycles. The number of rotatable bonds is 8. The predicted molar refractivity (Wildman–Crippen MR) is 76.2 cm³/mol. The number of benzene rings is 1. The first-order valence-electron chi connectivity index (χ1n) is 6.54. The average molecular weight is 281 g/mol. The highest BCUT2D eigenvalue weighted by molar-refractivity contribution is 5.71. The molecule has 0 amide bonds. The molecule has 0 unspecified atom stereocenters. The summed E-state index contributed by atoms with van der Waals surface area (Å²) in [6, 6.07) is 9.81. The van der Waals surface area contributed by atoms with E-state index in [-0.39, 0.29) is 18.6 Å². The summed E-state index contributed by atoms with van der Waals surface area (Å²) in [4.78, 5) is 11.1. The standard InChI is InChI=1S/C15H23NO4/c1-15(2,19-4)20-13(10-16-11-14(17)18-3)12-8-6-5-7-9-12/h5-9,13,16H,10-11H2,1-4H3/t13-/m0/s1. The van der Waals surface area contributed by atoms with Gasteiger partial charge in [-0.3, -0.25) is 4.79 Å². The third-order valence-corrected chi connectivity index (χ3v) is 2.92. The van der Waals surface area contributed by atoms with Crippen molar-refractivity contribution in [1.82, 2.24) is 5.32 Å². The number of carbonyl (C=O) groups is 1. The molecule has 0 aliphatic rings. The second-order valence-corrected chi connectivity index (χ2v) is 4.83. The zero-order valence-electron chi connectivity index (χ0n) is 12.5. The molecule has 0 spiro atoms. The van der Waals surface area contributed by atoms with Gasteiger partial charge in [-0.2, -0.15) is 0 Å². The van der Waals surface area contributed by atoms with E-state index in [4.69, 9.17) is 9.47 Å². The normalized spacial score (nSPS) is 13.0. The van der Waals surface area contributed by atoms with Crippen molar-refractivity contribution in [1.29, 1.82) is 0 Å². The zero-order valence-corrected chi connectivity index (χ0v) is 12.5. The van der Waals surface area contributed by atoms with Crippen molar-refractivity contribution in [3.8, 4) is 0 Å². The average Bonchev–Trinajstić information content (AvgIpc) is 2.46. The van der Waals surface area contributed by atoms with Crippen LogP contribution in [0.25, 0.3) is 0 Å². The van der Waals surface area contributed by atoms with E-state index in [0.717, 1.165) is 5.56 Å². The van der Waals surface area contributed by atoms with Crippen LogP contribution in [0.1, 0.15) is 25.5 Å². The highest BCUT2D eigenvalue weighted by Crippen LogP contribution is 2.23. The van der Waals surface area contributed by atoms with Crippen LogP contribution in [0.4, 0.5) is 0 Å². The Morgan fingerprint density at radius 2 is 1.90 bits per heavy atom. The van der Waals surface area contributed by atoms with Gasteiger partial charge in [0, 0.05) is 13.7 Å². The summed E-state index contributed by atoms with van der Waals surface area (Å²) in [5.74, 6) is -1.00. The number of nitrogens with one attached hydrogen (secondary N) is 1. The van der Waals surface area contributed by atoms with Crippen LogP contribution in [0.3, 0.4) is 0 Å². The van der Waals surface area contributed by atoms with Crippen molar-refractivity contribution >= 4 is 5.97 Å². The summed E-state index contributed by atoms with van der Waals surface area (Å²) in [7, 11) is 2.97. The lowest BCUT2D eigenvalue weighted by molar-refractivity contribution is -0.224. The van der Waals surface area contributed by atoms with E-state index in [1.165, 1.54) is 7.11 Å². The van der Waals surface area contributed by atoms with E-state index in [0.29, 0.717) is 6.54 Å². The van der Waals surface area contributed by atoms with Crippen LogP contribution >= 0.6 is 0 Å². The first-order valence-corrected chi connectivity index (χ1v) is 6.54. The quantitative estimate of drug-likeness (QED) is 0.582. The van der Waals surface area contributed by atoms with Gasteiger partial charge in [-0.05, 0) is 19.4 Å². The Morgan fingerprint density at radius 1 is 1.25 bits per heavy atom. The van der Waals surface area contributed by atoms with E-state index >= 15 is 0 Å². The van der Waals surface area contributed by atoms with Crippen LogP contribution < -0.4 is 5.32 Å². The first-order chi connectivity index (χ1) is 9.48. The largest absolute Gasteiger partial charge is 0.468 e. The van der Waals surface area contributed by atoms with Crippen LogP contribution in [0, 0.1) is 0 Å². The molecule has 112 valence electrons. The fourth-order valence-corrected chi connectivity index (χ4v) is 1.66. The van der Waals surface area contributed by atoms with Crippen LogP contribution in [0.5, 0.6) is 0 Å². The Balaban J connectivity index is 2.67. The lowest BCUT2D eigenvalue weighted by Gasteiger charge is -2.30. The van der Waals surface area contributed by atoms with Crippen LogP contribution in [-0.2, 0) is 19.0 Å². The van der Waals surface area contributed by atoms with Gasteiger partial charge in [0.15, 0.2) is 5.79 Å². The third kappa shape index (κ3) is 5.69. The Bertz CT molecular complexity index is 406. The molecular formula is C15H23NO4. The first kappa shape index (κ1) is 16.6. The van der Waals surface area contributed by atoms with Crippen LogP contribution in [0.2, 0.25) is 0 Å². The van der Waals surface area contributed by atoms with E-state index in [1.54, 1.807) is 7.11 Å². The summed E-state index contributed by atoms with van der Waals surface area (Å²) in [5, 5.41) is 3.03. The minimum Gasteiger partial charge on any atom is -0.468 e. The molecular weight excluding hydrogens is 258 g/mol. The number of hydrogen-bond acceptors (Lipinski definition) is 5. The molecule has 5 heteroatoms. The second kappa shape index (κ2) is 7.99. The van der Waals surface area contributed by atoms with Crippen molar-refractivity contribution in [3.05, 3.63) is 35.9 Å².